The van der Waals surface area contributed by atoms with Crippen LogP contribution < -0.4 is 16.4 Å². The first-order chi connectivity index (χ1) is 10.0. The van der Waals surface area contributed by atoms with Crippen LogP contribution in [0.1, 0.15) is 5.56 Å². The number of fused-ring (bicyclic) bond motifs is 1. The minimum Gasteiger partial charge on any atom is -0.316 e. The first kappa shape index (κ1) is 13.8. The lowest BCUT2D eigenvalue weighted by Gasteiger charge is -2.11. The molecule has 0 radical (unpaired) electrons. The molecule has 0 bridgehead atoms. The monoisotopic (exact) mass is 308 g/mol. The van der Waals surface area contributed by atoms with Gasteiger partial charge in [0.1, 0.15) is 0 Å². The molecule has 1 aromatic carbocycles. The van der Waals surface area contributed by atoms with Crippen molar-refractivity contribution >= 4 is 28.5 Å². The molecule has 8 nitrogen and oxygen atoms in total. The molecule has 1 fully saturated rings. The second kappa shape index (κ2) is 5.34. The maximum Gasteiger partial charge on any atom is 0.314 e. The molecule has 2 aromatic rings. The standard InChI is InChI=1S/C12H12N4O4S/c17-11-12(18)15-10-6(4-9-13-1-2-21-9)3-7(16(19)20)5-8(10)14-11/h3,5,9,13H,1-2,4H2,(H,14,17)(H,15,18). The highest BCUT2D eigenvalue weighted by Gasteiger charge is 2.20. The van der Waals surface area contributed by atoms with Crippen molar-refractivity contribution in [2.45, 2.75) is 11.8 Å². The lowest BCUT2D eigenvalue weighted by Crippen LogP contribution is -2.29. The smallest absolute Gasteiger partial charge is 0.314 e. The maximum absolute atomic E-state index is 11.5. The maximum atomic E-state index is 11.5. The molecular formula is C12H12N4O4S. The van der Waals surface area contributed by atoms with Crippen molar-refractivity contribution in [3.63, 3.8) is 0 Å². The highest BCUT2D eigenvalue weighted by molar-refractivity contribution is 8.00. The van der Waals surface area contributed by atoms with E-state index in [1.165, 1.54) is 12.1 Å². The molecule has 0 amide bonds. The normalized spacial score (nSPS) is 18.2. The Labute approximate surface area is 122 Å². The predicted molar refractivity (Wildman–Crippen MR) is 79.8 cm³/mol. The molecule has 1 atom stereocenters. The highest BCUT2D eigenvalue weighted by Crippen LogP contribution is 2.26. The van der Waals surface area contributed by atoms with Crippen LogP contribution >= 0.6 is 11.8 Å². The largest absolute Gasteiger partial charge is 0.316 e. The number of nitrogens with zero attached hydrogens (tertiary/aromatic N) is 1. The summed E-state index contributed by atoms with van der Waals surface area (Å²) in [4.78, 5) is 38.3. The number of aromatic amines is 2. The van der Waals surface area contributed by atoms with Gasteiger partial charge in [-0.15, -0.1) is 11.8 Å². The number of hydrogen-bond donors (Lipinski definition) is 3. The van der Waals surface area contributed by atoms with Gasteiger partial charge in [-0.2, -0.15) is 0 Å². The van der Waals surface area contributed by atoms with Gasteiger partial charge in [0, 0.05) is 24.4 Å². The van der Waals surface area contributed by atoms with Gasteiger partial charge in [-0.05, 0) is 12.0 Å². The van der Waals surface area contributed by atoms with Crippen LogP contribution in [0.2, 0.25) is 0 Å². The number of H-pyrrole nitrogens is 2. The molecule has 1 unspecified atom stereocenters. The van der Waals surface area contributed by atoms with Crippen molar-refractivity contribution in [1.82, 2.24) is 15.3 Å². The van der Waals surface area contributed by atoms with E-state index >= 15 is 0 Å². The van der Waals surface area contributed by atoms with Gasteiger partial charge in [0.15, 0.2) is 0 Å². The number of nitro benzene ring substituents is 1. The van der Waals surface area contributed by atoms with Crippen molar-refractivity contribution in [2.75, 3.05) is 12.3 Å². The molecule has 9 heteroatoms. The van der Waals surface area contributed by atoms with E-state index in [-0.39, 0.29) is 16.6 Å². The molecule has 0 spiro atoms. The fourth-order valence-corrected chi connectivity index (χ4v) is 3.41. The highest BCUT2D eigenvalue weighted by atomic mass is 32.2. The summed E-state index contributed by atoms with van der Waals surface area (Å²) in [6.45, 7) is 0.884. The van der Waals surface area contributed by atoms with Gasteiger partial charge in [-0.3, -0.25) is 19.7 Å². The number of thioether (sulfide) groups is 1. The zero-order chi connectivity index (χ0) is 15.0. The Morgan fingerprint density at radius 3 is 2.71 bits per heavy atom. The first-order valence-electron chi connectivity index (χ1n) is 6.33. The van der Waals surface area contributed by atoms with Gasteiger partial charge in [-0.1, -0.05) is 0 Å². The van der Waals surface area contributed by atoms with Crippen molar-refractivity contribution in [2.24, 2.45) is 0 Å². The molecule has 110 valence electrons. The van der Waals surface area contributed by atoms with E-state index in [4.69, 9.17) is 0 Å². The van der Waals surface area contributed by atoms with Gasteiger partial charge in [0.25, 0.3) is 5.69 Å². The molecule has 0 saturated carbocycles. The second-order valence-corrected chi connectivity index (χ2v) is 6.02. The average Bonchev–Trinajstić information content (AvgIpc) is 2.93. The Balaban J connectivity index is 2.18. The van der Waals surface area contributed by atoms with Crippen molar-refractivity contribution in [3.05, 3.63) is 48.5 Å². The zero-order valence-electron chi connectivity index (χ0n) is 10.8. The van der Waals surface area contributed by atoms with Gasteiger partial charge in [0.05, 0.1) is 21.3 Å². The molecule has 21 heavy (non-hydrogen) atoms. The van der Waals surface area contributed by atoms with Crippen LogP contribution in [0.4, 0.5) is 5.69 Å². The molecule has 2 heterocycles. The lowest BCUT2D eigenvalue weighted by molar-refractivity contribution is -0.384. The van der Waals surface area contributed by atoms with Crippen LogP contribution in [0, 0.1) is 10.1 Å². The molecule has 0 aliphatic carbocycles. The molecule has 1 aliphatic heterocycles. The van der Waals surface area contributed by atoms with Crippen LogP contribution in [0.25, 0.3) is 11.0 Å². The summed E-state index contributed by atoms with van der Waals surface area (Å²) in [5.41, 5.74) is -0.333. The minimum atomic E-state index is -0.817. The Morgan fingerprint density at radius 1 is 1.29 bits per heavy atom. The molecule has 1 aliphatic rings. The Bertz CT molecular complexity index is 822. The van der Waals surface area contributed by atoms with E-state index in [1.54, 1.807) is 11.8 Å². The predicted octanol–water partition coefficient (Wildman–Crippen LogP) is 0.330. The number of hydrogen-bond acceptors (Lipinski definition) is 6. The third-order valence-electron chi connectivity index (χ3n) is 3.31. The summed E-state index contributed by atoms with van der Waals surface area (Å²) >= 11 is 1.72. The van der Waals surface area contributed by atoms with Gasteiger partial charge < -0.3 is 15.3 Å². The lowest BCUT2D eigenvalue weighted by atomic mass is 10.1. The zero-order valence-corrected chi connectivity index (χ0v) is 11.7. The third-order valence-corrected chi connectivity index (χ3v) is 4.48. The average molecular weight is 308 g/mol. The van der Waals surface area contributed by atoms with E-state index in [0.29, 0.717) is 17.5 Å². The molecule has 3 rings (SSSR count). The topological polar surface area (TPSA) is 121 Å². The van der Waals surface area contributed by atoms with E-state index in [9.17, 15) is 19.7 Å². The minimum absolute atomic E-state index is 0.108. The SMILES string of the molecule is O=c1[nH]c2cc([N+](=O)[O-])cc(CC3NCCS3)c2[nH]c1=O. The number of non-ortho nitro benzene ring substituents is 1. The summed E-state index contributed by atoms with van der Waals surface area (Å²) < 4.78 is 0. The van der Waals surface area contributed by atoms with Crippen LogP contribution in [0.3, 0.4) is 0 Å². The number of aromatic nitrogens is 2. The second-order valence-electron chi connectivity index (χ2n) is 4.71. The number of nitrogens with one attached hydrogen (secondary N) is 3. The molecular weight excluding hydrogens is 296 g/mol. The van der Waals surface area contributed by atoms with Crippen LogP contribution in [-0.4, -0.2) is 32.6 Å². The van der Waals surface area contributed by atoms with E-state index in [1.807, 2.05) is 0 Å². The van der Waals surface area contributed by atoms with Crippen LogP contribution in [-0.2, 0) is 6.42 Å². The van der Waals surface area contributed by atoms with Gasteiger partial charge in [-0.25, -0.2) is 0 Å². The first-order valence-corrected chi connectivity index (χ1v) is 7.38. The quantitative estimate of drug-likeness (QED) is 0.427. The van der Waals surface area contributed by atoms with E-state index < -0.39 is 16.0 Å². The van der Waals surface area contributed by atoms with Crippen LogP contribution in [0.15, 0.2) is 21.7 Å². The van der Waals surface area contributed by atoms with Gasteiger partial charge in [0.2, 0.25) is 0 Å². The summed E-state index contributed by atoms with van der Waals surface area (Å²) in [5, 5.41) is 14.4. The Hall–Kier alpha value is -2.13. The van der Waals surface area contributed by atoms with Crippen LogP contribution in [0.5, 0.6) is 0 Å². The number of nitro groups is 1. The Kier molecular flexibility index (Phi) is 3.52. The number of benzene rings is 1. The molecule has 3 N–H and O–H groups in total. The Morgan fingerprint density at radius 2 is 2.05 bits per heavy atom. The fourth-order valence-electron chi connectivity index (χ4n) is 2.36. The molecule has 1 aromatic heterocycles. The summed E-state index contributed by atoms with van der Waals surface area (Å²) in [5.74, 6) is 0.977. The van der Waals surface area contributed by atoms with E-state index in [0.717, 1.165) is 12.3 Å². The fraction of sp³-hybridized carbons (Fsp3) is 0.333. The summed E-state index contributed by atoms with van der Waals surface area (Å²) in [6, 6.07) is 2.70. The van der Waals surface area contributed by atoms with Crippen molar-refractivity contribution in [1.29, 1.82) is 0 Å². The van der Waals surface area contributed by atoms with Crippen molar-refractivity contribution in [3.8, 4) is 0 Å². The summed E-state index contributed by atoms with van der Waals surface area (Å²) in [6.07, 6.45) is 0.533. The number of rotatable bonds is 3. The summed E-state index contributed by atoms with van der Waals surface area (Å²) in [7, 11) is 0. The molecule has 1 saturated heterocycles. The van der Waals surface area contributed by atoms with E-state index in [2.05, 4.69) is 15.3 Å². The van der Waals surface area contributed by atoms with Gasteiger partial charge >= 0.3 is 11.1 Å². The third kappa shape index (κ3) is 2.69. The van der Waals surface area contributed by atoms with Crippen molar-refractivity contribution < 1.29 is 4.92 Å².